The van der Waals surface area contributed by atoms with Gasteiger partial charge in [-0.15, -0.1) is 0 Å². The largest absolute Gasteiger partial charge is 0.466 e. The van der Waals surface area contributed by atoms with Crippen molar-refractivity contribution in [1.82, 2.24) is 0 Å². The summed E-state index contributed by atoms with van der Waals surface area (Å²) in [6.45, 7) is 6.69. The standard InChI is InChI=1S/C12H24O2/c1-4-7-9-11(10-8-5-2)12(13)14-6-3/h11H,4-10H2,1-3H3. The maximum atomic E-state index is 11.5. The Balaban J connectivity index is 3.88. The van der Waals surface area contributed by atoms with Crippen LogP contribution >= 0.6 is 0 Å². The first kappa shape index (κ1) is 13.5. The topological polar surface area (TPSA) is 26.3 Å². The van der Waals surface area contributed by atoms with Crippen molar-refractivity contribution in [2.75, 3.05) is 6.61 Å². The highest BCUT2D eigenvalue weighted by Crippen LogP contribution is 2.17. The molecule has 0 N–H and O–H groups in total. The zero-order valence-corrected chi connectivity index (χ0v) is 9.84. The van der Waals surface area contributed by atoms with Gasteiger partial charge in [0.05, 0.1) is 12.5 Å². The van der Waals surface area contributed by atoms with Gasteiger partial charge >= 0.3 is 5.97 Å². The average Bonchev–Trinajstić information content (AvgIpc) is 2.18. The van der Waals surface area contributed by atoms with Gasteiger partial charge in [0.15, 0.2) is 0 Å². The Labute approximate surface area is 88.0 Å². The van der Waals surface area contributed by atoms with Gasteiger partial charge in [0, 0.05) is 0 Å². The molecule has 0 unspecified atom stereocenters. The van der Waals surface area contributed by atoms with E-state index in [1.807, 2.05) is 6.92 Å². The molecule has 0 heterocycles. The van der Waals surface area contributed by atoms with Crippen LogP contribution in [-0.2, 0) is 9.53 Å². The highest BCUT2D eigenvalue weighted by atomic mass is 16.5. The van der Waals surface area contributed by atoms with Crippen molar-refractivity contribution < 1.29 is 9.53 Å². The van der Waals surface area contributed by atoms with Crippen molar-refractivity contribution in [3.63, 3.8) is 0 Å². The van der Waals surface area contributed by atoms with E-state index in [1.54, 1.807) is 0 Å². The molecule has 0 spiro atoms. The number of esters is 1. The molecule has 14 heavy (non-hydrogen) atoms. The summed E-state index contributed by atoms with van der Waals surface area (Å²) in [5.74, 6) is 0.157. The molecule has 84 valence electrons. The number of carbonyl (C=O) groups is 1. The summed E-state index contributed by atoms with van der Waals surface area (Å²) >= 11 is 0. The van der Waals surface area contributed by atoms with Crippen LogP contribution in [0.15, 0.2) is 0 Å². The molecular formula is C12H24O2. The lowest BCUT2D eigenvalue weighted by Gasteiger charge is -2.14. The van der Waals surface area contributed by atoms with Crippen molar-refractivity contribution in [3.8, 4) is 0 Å². The van der Waals surface area contributed by atoms with E-state index in [1.165, 1.54) is 0 Å². The van der Waals surface area contributed by atoms with E-state index in [0.29, 0.717) is 6.61 Å². The Hall–Kier alpha value is -0.530. The normalized spacial score (nSPS) is 10.6. The summed E-state index contributed by atoms with van der Waals surface area (Å²) in [5, 5.41) is 0. The van der Waals surface area contributed by atoms with Gasteiger partial charge in [-0.3, -0.25) is 4.79 Å². The fraction of sp³-hybridized carbons (Fsp3) is 0.917. The van der Waals surface area contributed by atoms with Crippen molar-refractivity contribution >= 4 is 5.97 Å². The summed E-state index contributed by atoms with van der Waals surface area (Å²) in [5.41, 5.74) is 0. The molecule has 0 aliphatic heterocycles. The molecule has 0 rings (SSSR count). The van der Waals surface area contributed by atoms with E-state index < -0.39 is 0 Å². The van der Waals surface area contributed by atoms with Crippen LogP contribution in [-0.4, -0.2) is 12.6 Å². The smallest absolute Gasteiger partial charge is 0.308 e. The Morgan fingerprint density at radius 1 is 1.07 bits per heavy atom. The number of unbranched alkanes of at least 4 members (excludes halogenated alkanes) is 2. The summed E-state index contributed by atoms with van der Waals surface area (Å²) in [6.07, 6.45) is 6.56. The predicted octanol–water partition coefficient (Wildman–Crippen LogP) is 3.55. The minimum atomic E-state index is 0.00870. The first-order chi connectivity index (χ1) is 6.76. The summed E-state index contributed by atoms with van der Waals surface area (Å²) in [6, 6.07) is 0. The van der Waals surface area contributed by atoms with E-state index in [9.17, 15) is 4.79 Å². The van der Waals surface area contributed by atoms with Gasteiger partial charge in [0.1, 0.15) is 0 Å². The highest BCUT2D eigenvalue weighted by molar-refractivity contribution is 5.72. The van der Waals surface area contributed by atoms with Gasteiger partial charge in [-0.25, -0.2) is 0 Å². The van der Waals surface area contributed by atoms with Crippen LogP contribution in [0.25, 0.3) is 0 Å². The molecule has 2 heteroatoms. The Morgan fingerprint density at radius 2 is 1.57 bits per heavy atom. The van der Waals surface area contributed by atoms with Crippen LogP contribution in [0, 0.1) is 5.92 Å². The highest BCUT2D eigenvalue weighted by Gasteiger charge is 2.17. The lowest BCUT2D eigenvalue weighted by Crippen LogP contribution is -2.17. The average molecular weight is 200 g/mol. The molecule has 0 aromatic carbocycles. The van der Waals surface area contributed by atoms with Crippen molar-refractivity contribution in [2.24, 2.45) is 5.92 Å². The fourth-order valence-corrected chi connectivity index (χ4v) is 1.54. The Kier molecular flexibility index (Phi) is 8.70. The molecular weight excluding hydrogens is 176 g/mol. The molecule has 0 aliphatic carbocycles. The number of hydrogen-bond acceptors (Lipinski definition) is 2. The number of carbonyl (C=O) groups excluding carboxylic acids is 1. The second kappa shape index (κ2) is 9.04. The molecule has 0 bridgehead atoms. The zero-order valence-electron chi connectivity index (χ0n) is 9.84. The van der Waals surface area contributed by atoms with Crippen LogP contribution in [0.3, 0.4) is 0 Å². The summed E-state index contributed by atoms with van der Waals surface area (Å²) in [7, 11) is 0. The zero-order chi connectivity index (χ0) is 10.8. The second-order valence-electron chi connectivity index (χ2n) is 3.73. The maximum absolute atomic E-state index is 11.5. The van der Waals surface area contributed by atoms with Gasteiger partial charge in [0.25, 0.3) is 0 Å². The van der Waals surface area contributed by atoms with E-state index in [4.69, 9.17) is 4.74 Å². The second-order valence-corrected chi connectivity index (χ2v) is 3.73. The molecule has 0 aromatic rings. The van der Waals surface area contributed by atoms with Crippen LogP contribution in [0.1, 0.15) is 59.3 Å². The summed E-state index contributed by atoms with van der Waals surface area (Å²) < 4.78 is 5.06. The third-order valence-corrected chi connectivity index (χ3v) is 2.43. The van der Waals surface area contributed by atoms with Crippen molar-refractivity contribution in [1.29, 1.82) is 0 Å². The SMILES string of the molecule is CCCCC(CCCC)C(=O)OCC. The monoisotopic (exact) mass is 200 g/mol. The minimum absolute atomic E-state index is 0.00870. The quantitative estimate of drug-likeness (QED) is 0.560. The van der Waals surface area contributed by atoms with Crippen LogP contribution < -0.4 is 0 Å². The third kappa shape index (κ3) is 6.01. The lowest BCUT2D eigenvalue weighted by atomic mass is 9.96. The molecule has 0 saturated carbocycles. The van der Waals surface area contributed by atoms with Crippen molar-refractivity contribution in [2.45, 2.75) is 59.3 Å². The molecule has 0 radical (unpaired) electrons. The molecule has 2 nitrogen and oxygen atoms in total. The molecule has 0 aromatic heterocycles. The van der Waals surface area contributed by atoms with Gasteiger partial charge in [-0.05, 0) is 19.8 Å². The lowest BCUT2D eigenvalue weighted by molar-refractivity contribution is -0.148. The first-order valence-electron chi connectivity index (χ1n) is 5.92. The van der Waals surface area contributed by atoms with Gasteiger partial charge in [-0.1, -0.05) is 39.5 Å². The maximum Gasteiger partial charge on any atom is 0.308 e. The number of hydrogen-bond donors (Lipinski definition) is 0. The predicted molar refractivity (Wildman–Crippen MR) is 59.2 cm³/mol. The van der Waals surface area contributed by atoms with E-state index >= 15 is 0 Å². The van der Waals surface area contributed by atoms with E-state index in [0.717, 1.165) is 38.5 Å². The van der Waals surface area contributed by atoms with Crippen LogP contribution in [0.4, 0.5) is 0 Å². The Morgan fingerprint density at radius 3 is 1.93 bits per heavy atom. The van der Waals surface area contributed by atoms with E-state index in [2.05, 4.69) is 13.8 Å². The number of ether oxygens (including phenoxy) is 1. The van der Waals surface area contributed by atoms with E-state index in [-0.39, 0.29) is 11.9 Å². The fourth-order valence-electron chi connectivity index (χ4n) is 1.54. The van der Waals surface area contributed by atoms with Gasteiger partial charge in [-0.2, -0.15) is 0 Å². The minimum Gasteiger partial charge on any atom is -0.466 e. The molecule has 0 saturated heterocycles. The molecule has 0 fully saturated rings. The van der Waals surface area contributed by atoms with Gasteiger partial charge in [0.2, 0.25) is 0 Å². The van der Waals surface area contributed by atoms with Gasteiger partial charge < -0.3 is 4.74 Å². The van der Waals surface area contributed by atoms with Crippen LogP contribution in [0.2, 0.25) is 0 Å². The van der Waals surface area contributed by atoms with Crippen molar-refractivity contribution in [3.05, 3.63) is 0 Å². The molecule has 0 aliphatic rings. The molecule has 0 amide bonds. The summed E-state index contributed by atoms with van der Waals surface area (Å²) in [4.78, 5) is 11.5. The number of rotatable bonds is 8. The molecule has 0 atom stereocenters. The Bertz CT molecular complexity index is 135. The third-order valence-electron chi connectivity index (χ3n) is 2.43. The van der Waals surface area contributed by atoms with Crippen LogP contribution in [0.5, 0.6) is 0 Å². The first-order valence-corrected chi connectivity index (χ1v) is 5.92.